The number of aliphatic hydroxyl groups excluding tert-OH is 4. The van der Waals surface area contributed by atoms with Crippen LogP contribution in [0.2, 0.25) is 0 Å². The van der Waals surface area contributed by atoms with Crippen molar-refractivity contribution in [2.24, 2.45) is 0 Å². The molecule has 0 bridgehead atoms. The van der Waals surface area contributed by atoms with Gasteiger partial charge >= 0.3 is 5.97 Å². The summed E-state index contributed by atoms with van der Waals surface area (Å²) in [5.74, 6) is -2.28. The van der Waals surface area contributed by atoms with Gasteiger partial charge < -0.3 is 30.3 Å². The summed E-state index contributed by atoms with van der Waals surface area (Å²) >= 11 is 0. The summed E-state index contributed by atoms with van der Waals surface area (Å²) in [6.45, 7) is 5.53. The predicted octanol–water partition coefficient (Wildman–Crippen LogP) is 5.09. The van der Waals surface area contributed by atoms with Crippen LogP contribution in [0.1, 0.15) is 156 Å². The second-order valence-corrected chi connectivity index (χ2v) is 11.8. The molecule has 0 saturated heterocycles. The third-order valence-electron chi connectivity index (χ3n) is 8.05. The van der Waals surface area contributed by atoms with Crippen LogP contribution in [0.3, 0.4) is 0 Å². The van der Waals surface area contributed by atoms with Gasteiger partial charge in [0.05, 0.1) is 0 Å². The van der Waals surface area contributed by atoms with E-state index in [9.17, 15) is 39.9 Å². The first kappa shape index (κ1) is 40.6. The van der Waals surface area contributed by atoms with E-state index in [0.717, 1.165) is 89.9 Å². The number of unbranched alkanes of at least 4 members (excludes halogenated alkanes) is 15. The Morgan fingerprint density at radius 3 is 1.48 bits per heavy atom. The molecule has 0 fully saturated rings. The number of ketones is 2. The number of carbonyl (C=O) groups excluding carboxylic acids is 3. The third kappa shape index (κ3) is 16.5. The highest BCUT2D eigenvalue weighted by molar-refractivity contribution is 5.89. The van der Waals surface area contributed by atoms with E-state index in [1.807, 2.05) is 0 Å². The van der Waals surface area contributed by atoms with Crippen molar-refractivity contribution in [1.29, 1.82) is 0 Å². The van der Waals surface area contributed by atoms with Crippen molar-refractivity contribution in [3.63, 3.8) is 0 Å². The molecule has 0 radical (unpaired) electrons. The highest BCUT2D eigenvalue weighted by Crippen LogP contribution is 2.26. The monoisotopic (exact) mass is 602 g/mol. The smallest absolute Gasteiger partial charge is 0.305 e. The van der Waals surface area contributed by atoms with E-state index in [2.05, 4.69) is 20.8 Å². The number of rotatable bonds is 29. The van der Waals surface area contributed by atoms with E-state index >= 15 is 0 Å². The molecule has 0 amide bonds. The summed E-state index contributed by atoms with van der Waals surface area (Å²) in [4.78, 5) is 37.9. The minimum atomic E-state index is -2.94. The minimum Gasteiger partial charge on any atom is -0.463 e. The van der Waals surface area contributed by atoms with E-state index in [1.165, 1.54) is 0 Å². The first-order chi connectivity index (χ1) is 20.1. The number of ether oxygens (including phenoxy) is 1. The number of carbonyl (C=O) groups is 3. The van der Waals surface area contributed by atoms with Crippen LogP contribution >= 0.6 is 0 Å². The summed E-state index contributed by atoms with van der Waals surface area (Å²) in [6, 6.07) is 0. The maximum absolute atomic E-state index is 13.2. The SMILES string of the molecule is CCCCCCCCC(=O)OC[C@@H](O)[C@](O)(C(=O)CCCCCCCC)[C@H](O)[C@@H](O)C(O)C(=O)CCCCCCCC. The van der Waals surface area contributed by atoms with Crippen LogP contribution in [0.5, 0.6) is 0 Å². The quantitative estimate of drug-likeness (QED) is 0.0580. The molecule has 248 valence electrons. The normalized spacial score (nSPS) is 15.9. The average Bonchev–Trinajstić information content (AvgIpc) is 2.99. The topological polar surface area (TPSA) is 162 Å². The molecule has 0 aliphatic heterocycles. The number of esters is 1. The lowest BCUT2D eigenvalue weighted by molar-refractivity contribution is -0.205. The Balaban J connectivity index is 5.27. The van der Waals surface area contributed by atoms with Crippen LogP contribution in [0.25, 0.3) is 0 Å². The molecule has 0 rings (SSSR count). The summed E-state index contributed by atoms with van der Waals surface area (Å²) in [5, 5.41) is 54.2. The molecule has 0 spiro atoms. The fourth-order valence-electron chi connectivity index (χ4n) is 5.09. The Hall–Kier alpha value is -1.39. The molecule has 5 N–H and O–H groups in total. The van der Waals surface area contributed by atoms with Gasteiger partial charge in [-0.05, 0) is 19.3 Å². The summed E-state index contributed by atoms with van der Waals surface area (Å²) in [5.41, 5.74) is -2.94. The van der Waals surface area contributed by atoms with Crippen molar-refractivity contribution >= 4 is 17.5 Å². The van der Waals surface area contributed by atoms with Crippen molar-refractivity contribution in [2.45, 2.75) is 186 Å². The molecule has 0 aliphatic rings. The molecule has 1 unspecified atom stereocenters. The first-order valence-electron chi connectivity index (χ1n) is 16.7. The molecular formula is C33H62O9. The molecule has 9 nitrogen and oxygen atoms in total. The van der Waals surface area contributed by atoms with E-state index in [4.69, 9.17) is 4.74 Å². The number of hydrogen-bond acceptors (Lipinski definition) is 9. The van der Waals surface area contributed by atoms with Crippen LogP contribution in [-0.2, 0) is 19.1 Å². The number of hydrogen-bond donors (Lipinski definition) is 5. The predicted molar refractivity (Wildman–Crippen MR) is 164 cm³/mol. The van der Waals surface area contributed by atoms with Crippen LogP contribution in [-0.4, -0.2) is 79.7 Å². The molecule has 9 heteroatoms. The third-order valence-corrected chi connectivity index (χ3v) is 8.05. The maximum atomic E-state index is 13.2. The van der Waals surface area contributed by atoms with Crippen LogP contribution in [0, 0.1) is 0 Å². The molecule has 0 aromatic heterocycles. The molecule has 0 aromatic rings. The molecule has 0 aromatic carbocycles. The molecule has 42 heavy (non-hydrogen) atoms. The lowest BCUT2D eigenvalue weighted by Gasteiger charge is -2.38. The highest BCUT2D eigenvalue weighted by atomic mass is 16.5. The number of Topliss-reactive ketones (excluding diaryl/α,β-unsaturated/α-hetero) is 2. The summed E-state index contributed by atoms with van der Waals surface area (Å²) < 4.78 is 5.11. The summed E-state index contributed by atoms with van der Waals surface area (Å²) in [6.07, 6.45) is 7.53. The molecular weight excluding hydrogens is 540 g/mol. The standard InChI is InChI=1S/C33H62O9/c1-4-7-10-13-16-19-22-26(34)30(38)31(39)32(40)33(41,27(35)23-20-17-14-11-8-5-2)28(36)25-42-29(37)24-21-18-15-12-9-6-3/h28,30-32,36,38-41H,4-25H2,1-3H3/t28-,30?,31+,32-,33-/m1/s1. The van der Waals surface area contributed by atoms with E-state index < -0.39 is 54.2 Å². The van der Waals surface area contributed by atoms with Gasteiger partial charge in [0.1, 0.15) is 31.0 Å². The van der Waals surface area contributed by atoms with Gasteiger partial charge in [-0.15, -0.1) is 0 Å². The second kappa shape index (κ2) is 25.0. The Bertz CT molecular complexity index is 714. The van der Waals surface area contributed by atoms with Gasteiger partial charge in [-0.25, -0.2) is 0 Å². The Kier molecular flexibility index (Phi) is 24.2. The van der Waals surface area contributed by atoms with Gasteiger partial charge in [-0.3, -0.25) is 14.4 Å². The molecule has 5 atom stereocenters. The van der Waals surface area contributed by atoms with Crippen LogP contribution < -0.4 is 0 Å². The van der Waals surface area contributed by atoms with Gasteiger partial charge in [0.15, 0.2) is 17.2 Å². The second-order valence-electron chi connectivity index (χ2n) is 11.8. The van der Waals surface area contributed by atoms with E-state index in [1.54, 1.807) is 0 Å². The molecule has 0 saturated carbocycles. The van der Waals surface area contributed by atoms with Crippen molar-refractivity contribution in [3.05, 3.63) is 0 Å². The zero-order valence-electron chi connectivity index (χ0n) is 26.7. The van der Waals surface area contributed by atoms with Crippen molar-refractivity contribution in [2.75, 3.05) is 6.61 Å². The Morgan fingerprint density at radius 2 is 1.00 bits per heavy atom. The largest absolute Gasteiger partial charge is 0.463 e. The van der Waals surface area contributed by atoms with Crippen LogP contribution in [0.4, 0.5) is 0 Å². The van der Waals surface area contributed by atoms with Gasteiger partial charge in [0.2, 0.25) is 0 Å². The molecule has 0 heterocycles. The zero-order chi connectivity index (χ0) is 31.8. The van der Waals surface area contributed by atoms with E-state index in [0.29, 0.717) is 25.7 Å². The van der Waals surface area contributed by atoms with Gasteiger partial charge in [0.25, 0.3) is 0 Å². The van der Waals surface area contributed by atoms with Gasteiger partial charge in [-0.2, -0.15) is 0 Å². The van der Waals surface area contributed by atoms with Crippen LogP contribution in [0.15, 0.2) is 0 Å². The lowest BCUT2D eigenvalue weighted by atomic mass is 9.79. The van der Waals surface area contributed by atoms with Crippen molar-refractivity contribution in [1.82, 2.24) is 0 Å². The minimum absolute atomic E-state index is 0.0280. The summed E-state index contributed by atoms with van der Waals surface area (Å²) in [7, 11) is 0. The maximum Gasteiger partial charge on any atom is 0.305 e. The van der Waals surface area contributed by atoms with Gasteiger partial charge in [-0.1, -0.05) is 117 Å². The van der Waals surface area contributed by atoms with Crippen molar-refractivity contribution < 1.29 is 44.7 Å². The number of aliphatic hydroxyl groups is 5. The van der Waals surface area contributed by atoms with Crippen molar-refractivity contribution in [3.8, 4) is 0 Å². The average molecular weight is 603 g/mol. The molecule has 0 aliphatic carbocycles. The lowest BCUT2D eigenvalue weighted by Crippen LogP contribution is -2.65. The van der Waals surface area contributed by atoms with Gasteiger partial charge in [0, 0.05) is 19.3 Å². The Labute approximate surface area is 254 Å². The zero-order valence-corrected chi connectivity index (χ0v) is 26.7. The highest BCUT2D eigenvalue weighted by Gasteiger charge is 2.53. The Morgan fingerprint density at radius 1 is 0.595 bits per heavy atom. The first-order valence-corrected chi connectivity index (χ1v) is 16.7. The fourth-order valence-corrected chi connectivity index (χ4v) is 5.09. The van der Waals surface area contributed by atoms with E-state index in [-0.39, 0.29) is 19.3 Å². The fraction of sp³-hybridized carbons (Fsp3) is 0.909.